The SMILES string of the molecule is CCCN(C(=O)c1cc(Cl)ccc1NSC)C(CC)c1cc2nc(N3CCCC3)c(C)cn2n1. The smallest absolute Gasteiger partial charge is 0.256 e. The van der Waals surface area contributed by atoms with Crippen molar-refractivity contribution in [3.63, 3.8) is 0 Å². The van der Waals surface area contributed by atoms with Crippen LogP contribution in [0.5, 0.6) is 0 Å². The van der Waals surface area contributed by atoms with Crippen molar-refractivity contribution in [1.82, 2.24) is 19.5 Å². The summed E-state index contributed by atoms with van der Waals surface area (Å²) in [7, 11) is 0. The number of benzene rings is 1. The Morgan fingerprint density at radius 3 is 2.71 bits per heavy atom. The van der Waals surface area contributed by atoms with Crippen LogP contribution < -0.4 is 9.62 Å². The Bertz CT molecular complexity index is 1160. The van der Waals surface area contributed by atoms with Gasteiger partial charge in [-0.2, -0.15) is 5.10 Å². The van der Waals surface area contributed by atoms with Crippen LogP contribution in [0.25, 0.3) is 5.65 Å². The zero-order valence-corrected chi connectivity index (χ0v) is 21.9. The molecule has 1 aliphatic rings. The van der Waals surface area contributed by atoms with Crippen LogP contribution in [0.2, 0.25) is 5.02 Å². The van der Waals surface area contributed by atoms with Crippen molar-refractivity contribution < 1.29 is 4.79 Å². The zero-order chi connectivity index (χ0) is 24.2. The van der Waals surface area contributed by atoms with Gasteiger partial charge >= 0.3 is 0 Å². The van der Waals surface area contributed by atoms with Crippen LogP contribution in [0, 0.1) is 6.92 Å². The summed E-state index contributed by atoms with van der Waals surface area (Å²) >= 11 is 7.73. The Hall–Kier alpha value is -2.45. The van der Waals surface area contributed by atoms with E-state index in [0.29, 0.717) is 17.1 Å². The number of hydrogen-bond donors (Lipinski definition) is 1. The third-order valence-corrected chi connectivity index (χ3v) is 6.94. The van der Waals surface area contributed by atoms with E-state index in [0.717, 1.165) is 54.3 Å². The van der Waals surface area contributed by atoms with Crippen LogP contribution in [-0.2, 0) is 0 Å². The number of nitrogens with zero attached hydrogens (tertiary/aromatic N) is 5. The lowest BCUT2D eigenvalue weighted by Crippen LogP contribution is -2.36. The number of carbonyl (C=O) groups excluding carboxylic acids is 1. The first-order valence-electron chi connectivity index (χ1n) is 12.0. The number of anilines is 2. The number of aromatic nitrogens is 3. The molecule has 1 N–H and O–H groups in total. The second-order valence-electron chi connectivity index (χ2n) is 8.73. The normalized spacial score (nSPS) is 14.6. The van der Waals surface area contributed by atoms with Crippen molar-refractivity contribution in [3.8, 4) is 0 Å². The third-order valence-electron chi connectivity index (χ3n) is 6.28. The van der Waals surface area contributed by atoms with Gasteiger partial charge in [0.1, 0.15) is 5.82 Å². The minimum Gasteiger partial charge on any atom is -0.356 e. The average molecular weight is 501 g/mol. The van der Waals surface area contributed by atoms with E-state index in [1.165, 1.54) is 24.8 Å². The van der Waals surface area contributed by atoms with E-state index in [1.54, 1.807) is 12.1 Å². The lowest BCUT2D eigenvalue weighted by Gasteiger charge is -2.30. The summed E-state index contributed by atoms with van der Waals surface area (Å²) in [4.78, 5) is 23.0. The van der Waals surface area contributed by atoms with E-state index in [2.05, 4.69) is 36.6 Å². The fourth-order valence-corrected chi connectivity index (χ4v) is 5.28. The molecule has 0 spiro atoms. The fourth-order valence-electron chi connectivity index (χ4n) is 4.71. The Labute approximate surface area is 211 Å². The van der Waals surface area contributed by atoms with Gasteiger partial charge in [0.15, 0.2) is 5.65 Å². The van der Waals surface area contributed by atoms with Crippen molar-refractivity contribution in [2.75, 3.05) is 35.5 Å². The number of nitrogens with one attached hydrogen (secondary N) is 1. The molecule has 1 aliphatic heterocycles. The summed E-state index contributed by atoms with van der Waals surface area (Å²) < 4.78 is 5.06. The molecule has 4 rings (SSSR count). The van der Waals surface area contributed by atoms with Gasteiger partial charge in [0, 0.05) is 48.7 Å². The van der Waals surface area contributed by atoms with Gasteiger partial charge in [-0.15, -0.1) is 0 Å². The number of aryl methyl sites for hydroxylation is 1. The molecule has 1 aromatic carbocycles. The molecule has 182 valence electrons. The first-order valence-corrected chi connectivity index (χ1v) is 13.6. The minimum atomic E-state index is -0.161. The van der Waals surface area contributed by atoms with Crippen molar-refractivity contribution in [1.29, 1.82) is 0 Å². The van der Waals surface area contributed by atoms with Gasteiger partial charge < -0.3 is 14.5 Å². The van der Waals surface area contributed by atoms with Crippen molar-refractivity contribution in [2.45, 2.75) is 52.5 Å². The lowest BCUT2D eigenvalue weighted by atomic mass is 10.1. The topological polar surface area (TPSA) is 65.8 Å². The van der Waals surface area contributed by atoms with Gasteiger partial charge in [-0.1, -0.05) is 37.4 Å². The summed E-state index contributed by atoms with van der Waals surface area (Å²) in [6, 6.07) is 7.27. The number of amides is 1. The van der Waals surface area contributed by atoms with Gasteiger partial charge in [0.25, 0.3) is 5.91 Å². The summed E-state index contributed by atoms with van der Waals surface area (Å²) in [5.74, 6) is 0.990. The number of rotatable bonds is 9. The van der Waals surface area contributed by atoms with Crippen molar-refractivity contribution in [2.24, 2.45) is 0 Å². The first kappa shape index (κ1) is 24.7. The van der Waals surface area contributed by atoms with Crippen molar-refractivity contribution >= 4 is 46.6 Å². The summed E-state index contributed by atoms with van der Waals surface area (Å²) in [6.07, 6.45) is 8.00. The number of fused-ring (bicyclic) bond motifs is 1. The van der Waals surface area contributed by atoms with E-state index in [-0.39, 0.29) is 11.9 Å². The molecule has 0 radical (unpaired) electrons. The van der Waals surface area contributed by atoms with Gasteiger partial charge in [0.05, 0.1) is 23.0 Å². The van der Waals surface area contributed by atoms with Crippen LogP contribution in [-0.4, -0.2) is 51.3 Å². The van der Waals surface area contributed by atoms with Gasteiger partial charge in [-0.25, -0.2) is 9.50 Å². The molecular formula is C25H33ClN6OS. The Balaban J connectivity index is 1.71. The number of hydrogen-bond acceptors (Lipinski definition) is 6. The highest BCUT2D eigenvalue weighted by Crippen LogP contribution is 2.31. The number of carbonyl (C=O) groups is 1. The van der Waals surface area contributed by atoms with Gasteiger partial charge in [-0.3, -0.25) is 4.79 Å². The molecule has 3 heterocycles. The highest BCUT2D eigenvalue weighted by atomic mass is 35.5. The van der Waals surface area contributed by atoms with E-state index >= 15 is 0 Å². The van der Waals surface area contributed by atoms with E-state index in [4.69, 9.17) is 21.7 Å². The zero-order valence-electron chi connectivity index (χ0n) is 20.3. The van der Waals surface area contributed by atoms with Crippen LogP contribution in [0.4, 0.5) is 11.5 Å². The maximum Gasteiger partial charge on any atom is 0.256 e. The first-order chi connectivity index (χ1) is 16.5. The van der Waals surface area contributed by atoms with E-state index in [9.17, 15) is 4.79 Å². The molecule has 3 aromatic rings. The lowest BCUT2D eigenvalue weighted by molar-refractivity contribution is 0.0667. The maximum atomic E-state index is 13.8. The molecule has 1 amide bonds. The molecular weight excluding hydrogens is 468 g/mol. The Morgan fingerprint density at radius 2 is 2.03 bits per heavy atom. The Morgan fingerprint density at radius 1 is 1.26 bits per heavy atom. The molecule has 34 heavy (non-hydrogen) atoms. The highest BCUT2D eigenvalue weighted by Gasteiger charge is 2.28. The molecule has 1 unspecified atom stereocenters. The van der Waals surface area contributed by atoms with Crippen LogP contribution in [0.3, 0.4) is 0 Å². The van der Waals surface area contributed by atoms with E-state index < -0.39 is 0 Å². The highest BCUT2D eigenvalue weighted by molar-refractivity contribution is 7.99. The monoisotopic (exact) mass is 500 g/mol. The Kier molecular flexibility index (Phi) is 7.88. The second kappa shape index (κ2) is 10.9. The molecule has 1 atom stereocenters. The molecule has 0 saturated carbocycles. The van der Waals surface area contributed by atoms with E-state index in [1.807, 2.05) is 27.8 Å². The van der Waals surface area contributed by atoms with Crippen LogP contribution in [0.15, 0.2) is 30.5 Å². The summed E-state index contributed by atoms with van der Waals surface area (Å²) in [6.45, 7) is 8.99. The largest absolute Gasteiger partial charge is 0.356 e. The summed E-state index contributed by atoms with van der Waals surface area (Å²) in [5.41, 5.74) is 4.13. The predicted octanol–water partition coefficient (Wildman–Crippen LogP) is 5.98. The van der Waals surface area contributed by atoms with Crippen LogP contribution in [0.1, 0.15) is 67.2 Å². The molecule has 2 aromatic heterocycles. The molecule has 0 aliphatic carbocycles. The number of halogens is 1. The second-order valence-corrected chi connectivity index (χ2v) is 9.78. The van der Waals surface area contributed by atoms with Crippen molar-refractivity contribution in [3.05, 3.63) is 52.3 Å². The summed E-state index contributed by atoms with van der Waals surface area (Å²) in [5, 5.41) is 5.41. The third kappa shape index (κ3) is 4.98. The molecule has 7 nitrogen and oxygen atoms in total. The average Bonchev–Trinajstić information content (AvgIpc) is 3.49. The fraction of sp³-hybridized carbons (Fsp3) is 0.480. The predicted molar refractivity (Wildman–Crippen MR) is 142 cm³/mol. The molecule has 1 saturated heterocycles. The standard InChI is InChI=1S/C25H33ClN6OS/c1-5-11-31(25(33)19-14-18(26)9-10-20(19)29-34-4)22(6-2)21-15-23-27-24(30-12-7-8-13-30)17(3)16-32(23)28-21/h9-10,14-16,22,29H,5-8,11-13H2,1-4H3. The van der Waals surface area contributed by atoms with Gasteiger partial charge in [-0.05, 0) is 50.8 Å². The minimum absolute atomic E-state index is 0.0494. The molecule has 9 heteroatoms. The molecule has 0 bridgehead atoms. The van der Waals surface area contributed by atoms with Gasteiger partial charge in [0.2, 0.25) is 0 Å². The van der Waals surface area contributed by atoms with Crippen LogP contribution >= 0.6 is 23.5 Å². The quantitative estimate of drug-likeness (QED) is 0.364. The molecule has 1 fully saturated rings. The maximum absolute atomic E-state index is 13.8.